The summed E-state index contributed by atoms with van der Waals surface area (Å²) in [5.41, 5.74) is 5.94. The number of aromatic nitrogens is 1. The first kappa shape index (κ1) is 25.0. The molecule has 0 fully saturated rings. The molecule has 0 saturated carbocycles. The molecule has 3 aromatic carbocycles. The van der Waals surface area contributed by atoms with Crippen molar-refractivity contribution in [2.24, 2.45) is 0 Å². The van der Waals surface area contributed by atoms with E-state index in [2.05, 4.69) is 65.3 Å². The van der Waals surface area contributed by atoms with E-state index in [1.165, 1.54) is 0 Å². The van der Waals surface area contributed by atoms with Crippen LogP contribution in [0.25, 0.3) is 11.3 Å². The molecule has 0 saturated heterocycles. The van der Waals surface area contributed by atoms with Crippen LogP contribution in [0.2, 0.25) is 0 Å². The predicted octanol–water partition coefficient (Wildman–Crippen LogP) is 6.26. The van der Waals surface area contributed by atoms with E-state index < -0.39 is 5.60 Å². The van der Waals surface area contributed by atoms with Gasteiger partial charge in [-0.15, -0.1) is 11.3 Å². The molecule has 4 aromatic rings. The summed E-state index contributed by atoms with van der Waals surface area (Å²) in [6.45, 7) is 4.13. The highest BCUT2D eigenvalue weighted by Gasteiger charge is 2.50. The Hall–Kier alpha value is -3.71. The lowest BCUT2D eigenvalue weighted by molar-refractivity contribution is 0.147. The largest absolute Gasteiger partial charge is 0.496 e. The Balaban J connectivity index is 1.91. The average Bonchev–Trinajstić information content (AvgIpc) is 3.29. The summed E-state index contributed by atoms with van der Waals surface area (Å²) in [7, 11) is 11.5. The van der Waals surface area contributed by atoms with Crippen LogP contribution < -0.4 is 24.0 Å². The second-order valence-electron chi connectivity index (χ2n) is 9.75. The van der Waals surface area contributed by atoms with Gasteiger partial charge in [0.2, 0.25) is 5.60 Å². The third kappa shape index (κ3) is 3.98. The first-order valence-corrected chi connectivity index (χ1v) is 13.0. The molecule has 0 bridgehead atoms. The summed E-state index contributed by atoms with van der Waals surface area (Å²) < 4.78 is 19.2. The number of anilines is 2. The van der Waals surface area contributed by atoms with Crippen molar-refractivity contribution in [3.8, 4) is 28.5 Å². The minimum atomic E-state index is -1.03. The maximum absolute atomic E-state index is 7.16. The molecule has 0 unspecified atom stereocenters. The number of nitrogens with zero attached hydrogens (tertiary/aromatic N) is 3. The number of thiazole rings is 1. The molecule has 0 aliphatic carbocycles. The molecule has 0 radical (unpaired) electrons. The maximum Gasteiger partial charge on any atom is 0.203 e. The Morgan fingerprint density at radius 2 is 1.35 bits per heavy atom. The van der Waals surface area contributed by atoms with Gasteiger partial charge in [-0.2, -0.15) is 0 Å². The summed E-state index contributed by atoms with van der Waals surface area (Å²) in [4.78, 5) is 10.2. The van der Waals surface area contributed by atoms with Crippen molar-refractivity contribution >= 4 is 22.7 Å². The number of hydrogen-bond donors (Lipinski definition) is 0. The van der Waals surface area contributed by atoms with Crippen LogP contribution in [-0.4, -0.2) is 47.4 Å². The zero-order chi connectivity index (χ0) is 26.5. The van der Waals surface area contributed by atoms with E-state index in [0.717, 1.165) is 66.5 Å². The third-order valence-corrected chi connectivity index (χ3v) is 7.94. The third-order valence-electron chi connectivity index (χ3n) is 6.87. The van der Waals surface area contributed by atoms with Crippen LogP contribution in [0.1, 0.15) is 26.6 Å². The van der Waals surface area contributed by atoms with E-state index in [-0.39, 0.29) is 0 Å². The molecule has 37 heavy (non-hydrogen) atoms. The molecule has 1 aromatic heterocycles. The summed E-state index contributed by atoms with van der Waals surface area (Å²) in [5, 5.41) is 0.972. The molecule has 0 N–H and O–H groups in total. The number of rotatable bonds is 6. The fourth-order valence-corrected chi connectivity index (χ4v) is 6.06. The molecular formula is C30H33N3O3S. The first-order valence-electron chi connectivity index (χ1n) is 12.2. The molecule has 7 heteroatoms. The normalized spacial score (nSPS) is 13.3. The van der Waals surface area contributed by atoms with Crippen molar-refractivity contribution in [2.75, 3.05) is 52.2 Å². The van der Waals surface area contributed by atoms with E-state index in [9.17, 15) is 0 Å². The van der Waals surface area contributed by atoms with Gasteiger partial charge >= 0.3 is 0 Å². The quantitative estimate of drug-likeness (QED) is 0.302. The monoisotopic (exact) mass is 515 g/mol. The van der Waals surface area contributed by atoms with Crippen molar-refractivity contribution in [3.63, 3.8) is 0 Å². The van der Waals surface area contributed by atoms with Crippen LogP contribution in [-0.2, 0) is 5.60 Å². The lowest BCUT2D eigenvalue weighted by Crippen LogP contribution is -2.38. The summed E-state index contributed by atoms with van der Waals surface area (Å²) >= 11 is 1.65. The predicted molar refractivity (Wildman–Crippen MR) is 152 cm³/mol. The van der Waals surface area contributed by atoms with E-state index in [1.807, 2.05) is 41.2 Å². The molecule has 192 valence electrons. The van der Waals surface area contributed by atoms with Gasteiger partial charge in [0.05, 0.1) is 29.8 Å². The second-order valence-corrected chi connectivity index (χ2v) is 11.0. The Morgan fingerprint density at radius 3 is 1.86 bits per heavy atom. The average molecular weight is 516 g/mol. The van der Waals surface area contributed by atoms with Crippen LogP contribution in [0, 0.1) is 13.8 Å². The molecule has 0 amide bonds. The summed E-state index contributed by atoms with van der Waals surface area (Å²) in [6, 6.07) is 18.8. The Morgan fingerprint density at radius 1 is 0.784 bits per heavy atom. The Bertz CT molecular complexity index is 1420. The SMILES string of the molecule is COc1cc(N(C)C)ccc1C1(c2ccc(N(C)C)cc2OC)Oc2ccc(C)cc2-c2nc(C)sc21. The van der Waals surface area contributed by atoms with Gasteiger partial charge in [0.1, 0.15) is 17.2 Å². The van der Waals surface area contributed by atoms with Gasteiger partial charge < -0.3 is 24.0 Å². The number of benzene rings is 3. The standard InChI is InChI=1S/C30H33N3O3S/c1-18-9-14-25-22(15-18)28-29(37-19(2)31-28)30(36-25,23-12-10-20(32(3)4)16-26(23)34-7)24-13-11-21(33(5)6)17-27(24)35-8/h9-17H,1-8H3. The van der Waals surface area contributed by atoms with Gasteiger partial charge in [-0.3, -0.25) is 0 Å². The summed E-state index contributed by atoms with van der Waals surface area (Å²) in [6.07, 6.45) is 0. The van der Waals surface area contributed by atoms with Crippen molar-refractivity contribution in [1.29, 1.82) is 0 Å². The van der Waals surface area contributed by atoms with Crippen molar-refractivity contribution in [2.45, 2.75) is 19.4 Å². The van der Waals surface area contributed by atoms with Crippen molar-refractivity contribution in [1.82, 2.24) is 4.98 Å². The number of ether oxygens (including phenoxy) is 3. The van der Waals surface area contributed by atoms with Gasteiger partial charge in [-0.05, 0) is 50.2 Å². The molecule has 5 rings (SSSR count). The number of fused-ring (bicyclic) bond motifs is 3. The highest BCUT2D eigenvalue weighted by atomic mass is 32.1. The molecule has 6 nitrogen and oxygen atoms in total. The fraction of sp³-hybridized carbons (Fsp3) is 0.300. The van der Waals surface area contributed by atoms with E-state index in [1.54, 1.807) is 25.6 Å². The topological polar surface area (TPSA) is 47.1 Å². The summed E-state index contributed by atoms with van der Waals surface area (Å²) in [5.74, 6) is 2.25. The van der Waals surface area contributed by atoms with Gasteiger partial charge in [0.25, 0.3) is 0 Å². The van der Waals surface area contributed by atoms with E-state index in [0.29, 0.717) is 0 Å². The van der Waals surface area contributed by atoms with Gasteiger partial charge in [0.15, 0.2) is 0 Å². The van der Waals surface area contributed by atoms with Gasteiger partial charge in [-0.25, -0.2) is 4.98 Å². The lowest BCUT2D eigenvalue weighted by atomic mass is 9.79. The van der Waals surface area contributed by atoms with E-state index in [4.69, 9.17) is 19.2 Å². The fourth-order valence-electron chi connectivity index (χ4n) is 4.97. The number of methoxy groups -OCH3 is 2. The first-order chi connectivity index (χ1) is 17.7. The van der Waals surface area contributed by atoms with Crippen molar-refractivity contribution < 1.29 is 14.2 Å². The molecule has 0 spiro atoms. The lowest BCUT2D eigenvalue weighted by Gasteiger charge is -2.40. The number of hydrogen-bond acceptors (Lipinski definition) is 7. The molecule has 1 aliphatic heterocycles. The zero-order valence-electron chi connectivity index (χ0n) is 22.7. The smallest absolute Gasteiger partial charge is 0.203 e. The molecule has 0 atom stereocenters. The van der Waals surface area contributed by atoms with Gasteiger partial charge in [0, 0.05) is 68.4 Å². The minimum Gasteiger partial charge on any atom is -0.496 e. The van der Waals surface area contributed by atoms with Crippen LogP contribution in [0.3, 0.4) is 0 Å². The molecular weight excluding hydrogens is 482 g/mol. The Kier molecular flexibility index (Phi) is 6.28. The minimum absolute atomic E-state index is 0.734. The molecule has 1 aliphatic rings. The second kappa shape index (κ2) is 9.30. The highest BCUT2D eigenvalue weighted by molar-refractivity contribution is 7.12. The van der Waals surface area contributed by atoms with E-state index >= 15 is 0 Å². The zero-order valence-corrected chi connectivity index (χ0v) is 23.5. The van der Waals surface area contributed by atoms with Crippen LogP contribution >= 0.6 is 11.3 Å². The van der Waals surface area contributed by atoms with Crippen LogP contribution in [0.15, 0.2) is 54.6 Å². The maximum atomic E-state index is 7.16. The molecule has 2 heterocycles. The number of aryl methyl sites for hydroxylation is 2. The van der Waals surface area contributed by atoms with Crippen LogP contribution in [0.5, 0.6) is 17.2 Å². The Labute approximate surface area is 223 Å². The van der Waals surface area contributed by atoms with Gasteiger partial charge in [-0.1, -0.05) is 11.6 Å². The highest BCUT2D eigenvalue weighted by Crippen LogP contribution is 2.57. The van der Waals surface area contributed by atoms with Crippen molar-refractivity contribution in [3.05, 3.63) is 81.2 Å². The van der Waals surface area contributed by atoms with Crippen LogP contribution in [0.4, 0.5) is 11.4 Å².